The molecule has 1 fully saturated rings. The van der Waals surface area contributed by atoms with Crippen molar-refractivity contribution in [1.82, 2.24) is 0 Å². The third-order valence-corrected chi connectivity index (χ3v) is 6.10. The predicted molar refractivity (Wildman–Crippen MR) is 79.4 cm³/mol. The maximum absolute atomic E-state index is 13.0. The molecule has 5 heteroatoms. The minimum Gasteiger partial charge on any atom is -0.338 e. The normalized spacial score (nSPS) is 26.3. The number of fused-ring (bicyclic) bond motifs is 3. The number of hydrogen-bond donors (Lipinski definition) is 0. The number of hydrogen-bond acceptors (Lipinski definition) is 3. The van der Waals surface area contributed by atoms with Crippen LogP contribution in [0.15, 0.2) is 59.5 Å². The maximum Gasteiger partial charge on any atom is 0.266 e. The van der Waals surface area contributed by atoms with Crippen LogP contribution in [0.4, 0.5) is 5.69 Å². The molecular formula is C16H15NO3S. The van der Waals surface area contributed by atoms with E-state index in [0.29, 0.717) is 11.3 Å². The van der Waals surface area contributed by atoms with Gasteiger partial charge in [-0.25, -0.2) is 12.7 Å². The third-order valence-electron chi connectivity index (χ3n) is 4.24. The molecule has 4 nitrogen and oxygen atoms in total. The van der Waals surface area contributed by atoms with Crippen LogP contribution in [-0.4, -0.2) is 14.1 Å². The van der Waals surface area contributed by atoms with Crippen LogP contribution in [0.25, 0.3) is 0 Å². The van der Waals surface area contributed by atoms with Crippen molar-refractivity contribution < 1.29 is 13.2 Å². The molecule has 2 heterocycles. The lowest BCUT2D eigenvalue weighted by Gasteiger charge is -2.27. The van der Waals surface area contributed by atoms with Crippen molar-refractivity contribution in [3.63, 3.8) is 0 Å². The number of rotatable bonds is 3. The minimum atomic E-state index is -3.62. The first-order chi connectivity index (χ1) is 10.1. The first kappa shape index (κ1) is 12.9. The molecule has 0 N–H and O–H groups in total. The van der Waals surface area contributed by atoms with Crippen molar-refractivity contribution >= 4 is 15.7 Å². The molecule has 2 aromatic carbocycles. The van der Waals surface area contributed by atoms with E-state index in [4.69, 9.17) is 4.74 Å². The molecule has 2 aliphatic heterocycles. The molecule has 0 aliphatic carbocycles. The lowest BCUT2D eigenvalue weighted by Crippen LogP contribution is -2.41. The summed E-state index contributed by atoms with van der Waals surface area (Å²) in [6.45, 7) is 1.96. The smallest absolute Gasteiger partial charge is 0.266 e. The summed E-state index contributed by atoms with van der Waals surface area (Å²) in [6, 6.07) is 16.1. The fraction of sp³-hybridized carbons (Fsp3) is 0.250. The first-order valence-corrected chi connectivity index (χ1v) is 8.42. The predicted octanol–water partition coefficient (Wildman–Crippen LogP) is 3.07. The zero-order chi connectivity index (χ0) is 14.7. The number of anilines is 1. The number of para-hydroxylation sites is 1. The minimum absolute atomic E-state index is 0.141. The van der Waals surface area contributed by atoms with Gasteiger partial charge in [0.2, 0.25) is 0 Å². The average molecular weight is 301 g/mol. The van der Waals surface area contributed by atoms with Crippen LogP contribution in [0.2, 0.25) is 0 Å². The molecule has 4 rings (SSSR count). The van der Waals surface area contributed by atoms with E-state index in [1.54, 1.807) is 24.3 Å². The summed E-state index contributed by atoms with van der Waals surface area (Å²) in [4.78, 5) is 0.295. The first-order valence-electron chi connectivity index (χ1n) is 6.98. The number of benzene rings is 2. The van der Waals surface area contributed by atoms with Crippen molar-refractivity contribution in [2.75, 3.05) is 4.31 Å². The molecule has 0 saturated carbocycles. The Labute approximate surface area is 124 Å². The van der Waals surface area contributed by atoms with E-state index in [-0.39, 0.29) is 6.10 Å². The Kier molecular flexibility index (Phi) is 2.50. The van der Waals surface area contributed by atoms with E-state index in [1.807, 2.05) is 37.3 Å². The van der Waals surface area contributed by atoms with Gasteiger partial charge < -0.3 is 4.74 Å². The van der Waals surface area contributed by atoms with Crippen molar-refractivity contribution in [2.45, 2.75) is 30.1 Å². The fourth-order valence-corrected chi connectivity index (χ4v) is 4.98. The monoisotopic (exact) mass is 301 g/mol. The van der Waals surface area contributed by atoms with Gasteiger partial charge in [0.1, 0.15) is 6.10 Å². The molecule has 108 valence electrons. The Morgan fingerprint density at radius 2 is 1.76 bits per heavy atom. The van der Waals surface area contributed by atoms with Crippen LogP contribution in [0.3, 0.4) is 0 Å². The van der Waals surface area contributed by atoms with Crippen LogP contribution in [0.5, 0.6) is 0 Å². The summed E-state index contributed by atoms with van der Waals surface area (Å²) in [5.74, 6) is 0. The second-order valence-corrected chi connectivity index (χ2v) is 7.12. The highest BCUT2D eigenvalue weighted by Gasteiger charge is 2.69. The highest BCUT2D eigenvalue weighted by molar-refractivity contribution is 7.93. The van der Waals surface area contributed by atoms with Crippen LogP contribution in [0, 0.1) is 0 Å². The summed E-state index contributed by atoms with van der Waals surface area (Å²) in [7, 11) is -3.62. The van der Waals surface area contributed by atoms with Crippen molar-refractivity contribution in [3.05, 3.63) is 60.2 Å². The van der Waals surface area contributed by atoms with Crippen LogP contribution in [0.1, 0.15) is 25.0 Å². The Hall–Kier alpha value is -1.85. The Morgan fingerprint density at radius 3 is 2.48 bits per heavy atom. The van der Waals surface area contributed by atoms with E-state index in [0.717, 1.165) is 11.3 Å². The molecule has 0 bridgehead atoms. The van der Waals surface area contributed by atoms with Crippen molar-refractivity contribution in [3.8, 4) is 0 Å². The SMILES string of the molecule is CCC12OC1c1ccccc1N2S(=O)(=O)c1ccccc1. The quantitative estimate of drug-likeness (QED) is 0.819. The van der Waals surface area contributed by atoms with Crippen molar-refractivity contribution in [1.29, 1.82) is 0 Å². The van der Waals surface area contributed by atoms with Gasteiger partial charge in [0.25, 0.3) is 10.0 Å². The summed E-state index contributed by atoms with van der Waals surface area (Å²) >= 11 is 0. The molecule has 1 saturated heterocycles. The molecule has 2 unspecified atom stereocenters. The van der Waals surface area contributed by atoms with Gasteiger partial charge in [-0.3, -0.25) is 0 Å². The molecule has 0 radical (unpaired) electrons. The standard InChI is InChI=1S/C16H15NO3S/c1-2-16-15(20-16)13-10-6-7-11-14(13)17(16)21(18,19)12-8-4-3-5-9-12/h3-11,15H,2H2,1H3. The molecule has 0 amide bonds. The summed E-state index contributed by atoms with van der Waals surface area (Å²) in [6.07, 6.45) is 0.482. The van der Waals surface area contributed by atoms with Crippen LogP contribution >= 0.6 is 0 Å². The molecule has 0 aromatic heterocycles. The summed E-state index contributed by atoms with van der Waals surface area (Å²) in [5, 5.41) is 0. The van der Waals surface area contributed by atoms with Crippen molar-refractivity contribution in [2.24, 2.45) is 0 Å². The van der Waals surface area contributed by atoms with E-state index in [1.165, 1.54) is 4.31 Å². The lowest BCUT2D eigenvalue weighted by molar-refractivity contribution is 0.288. The highest BCUT2D eigenvalue weighted by Crippen LogP contribution is 2.64. The van der Waals surface area contributed by atoms with Gasteiger partial charge in [0.15, 0.2) is 5.72 Å². The topological polar surface area (TPSA) is 49.9 Å². The van der Waals surface area contributed by atoms with Crippen LogP contribution in [-0.2, 0) is 14.8 Å². The van der Waals surface area contributed by atoms with Gasteiger partial charge in [-0.1, -0.05) is 43.3 Å². The highest BCUT2D eigenvalue weighted by atomic mass is 32.2. The van der Waals surface area contributed by atoms with Gasteiger partial charge in [0, 0.05) is 5.56 Å². The maximum atomic E-state index is 13.0. The zero-order valence-corrected chi connectivity index (χ0v) is 12.4. The van der Waals surface area contributed by atoms with E-state index in [9.17, 15) is 8.42 Å². The Morgan fingerprint density at radius 1 is 1.10 bits per heavy atom. The van der Waals surface area contributed by atoms with E-state index >= 15 is 0 Å². The summed E-state index contributed by atoms with van der Waals surface area (Å²) < 4.78 is 33.3. The van der Waals surface area contributed by atoms with E-state index in [2.05, 4.69) is 0 Å². The molecule has 0 spiro atoms. The number of sulfonamides is 1. The number of epoxide rings is 1. The Bertz CT molecular complexity index is 803. The van der Waals surface area contributed by atoms with E-state index < -0.39 is 15.7 Å². The molecule has 2 atom stereocenters. The fourth-order valence-electron chi connectivity index (χ4n) is 3.17. The second kappa shape index (κ2) is 4.08. The van der Waals surface area contributed by atoms with Gasteiger partial charge in [-0.15, -0.1) is 0 Å². The number of ether oxygens (including phenoxy) is 1. The third kappa shape index (κ3) is 1.56. The lowest BCUT2D eigenvalue weighted by atomic mass is 10.1. The Balaban J connectivity index is 1.92. The molecule has 2 aromatic rings. The van der Waals surface area contributed by atoms with Gasteiger partial charge in [-0.05, 0) is 24.6 Å². The summed E-state index contributed by atoms with van der Waals surface area (Å²) in [5.41, 5.74) is 0.955. The molecule has 21 heavy (non-hydrogen) atoms. The zero-order valence-electron chi connectivity index (χ0n) is 11.6. The van der Waals surface area contributed by atoms with Gasteiger partial charge in [-0.2, -0.15) is 0 Å². The van der Waals surface area contributed by atoms with Crippen LogP contribution < -0.4 is 4.31 Å². The second-order valence-electron chi connectivity index (χ2n) is 5.34. The average Bonchev–Trinajstić information content (AvgIpc) is 3.17. The largest absolute Gasteiger partial charge is 0.338 e. The molecular weight excluding hydrogens is 286 g/mol. The van der Waals surface area contributed by atoms with Gasteiger partial charge >= 0.3 is 0 Å². The number of nitrogens with zero attached hydrogens (tertiary/aromatic N) is 1. The molecule has 2 aliphatic rings. The van der Waals surface area contributed by atoms with Gasteiger partial charge in [0.05, 0.1) is 10.6 Å².